The Kier molecular flexibility index (Phi) is 6.09. The van der Waals surface area contributed by atoms with Crippen molar-refractivity contribution in [2.45, 2.75) is 50.7 Å². The minimum Gasteiger partial charge on any atom is -0.258 e. The monoisotopic (exact) mass is 452 g/mol. The number of halogens is 3. The summed E-state index contributed by atoms with van der Waals surface area (Å²) in [6.07, 6.45) is -0.609. The van der Waals surface area contributed by atoms with Crippen LogP contribution in [0.2, 0.25) is 0 Å². The van der Waals surface area contributed by atoms with E-state index in [9.17, 15) is 33.4 Å². The zero-order chi connectivity index (χ0) is 20.5. The molecule has 1 aromatic heterocycles. The summed E-state index contributed by atoms with van der Waals surface area (Å²) in [5.41, 5.74) is -3.44. The highest BCUT2D eigenvalue weighted by Crippen LogP contribution is 2.46. The van der Waals surface area contributed by atoms with Crippen LogP contribution in [0.25, 0.3) is 0 Å². The minimum atomic E-state index is -4.95. The molecule has 0 unspecified atom stereocenters. The summed E-state index contributed by atoms with van der Waals surface area (Å²) in [5.74, 6) is 0. The molecule has 1 aromatic carbocycles. The molecule has 8 nitrogen and oxygen atoms in total. The van der Waals surface area contributed by atoms with E-state index in [2.05, 4.69) is 10.2 Å². The van der Waals surface area contributed by atoms with E-state index in [4.69, 9.17) is 0 Å². The topological polar surface area (TPSA) is 112 Å². The number of nitrogens with zero attached hydrogens (tertiary/aromatic N) is 4. The van der Waals surface area contributed by atoms with Crippen LogP contribution in [-0.4, -0.2) is 25.3 Å². The summed E-state index contributed by atoms with van der Waals surface area (Å²) >= 11 is 3.20. The molecule has 0 aliphatic heterocycles. The van der Waals surface area contributed by atoms with Gasteiger partial charge in [0.05, 0.1) is 15.4 Å². The van der Waals surface area contributed by atoms with Crippen molar-refractivity contribution in [3.05, 3.63) is 37.9 Å². The number of alkyl halides is 3. The standard InChI is InChI=1S/C14H11F3N4O4S3/c15-14(16,17)7-5-9(20(22)23)11(10(6-7)21(24)25)27-13-19-18-12(28-13)26-8-3-1-2-4-8/h5-6,8H,1-4H2. The predicted molar refractivity (Wildman–Crippen MR) is 96.9 cm³/mol. The first-order valence-corrected chi connectivity index (χ1v) is 10.4. The van der Waals surface area contributed by atoms with Gasteiger partial charge in [-0.25, -0.2) is 0 Å². The molecule has 1 saturated carbocycles. The van der Waals surface area contributed by atoms with Crippen LogP contribution in [0.5, 0.6) is 0 Å². The highest BCUT2D eigenvalue weighted by Gasteiger charge is 2.38. The Morgan fingerprint density at radius 2 is 1.57 bits per heavy atom. The average molecular weight is 452 g/mol. The lowest BCUT2D eigenvalue weighted by Crippen LogP contribution is -2.08. The molecule has 1 aliphatic carbocycles. The first-order valence-electron chi connectivity index (χ1n) is 7.87. The third-order valence-corrected chi connectivity index (χ3v) is 7.44. The normalized spacial score (nSPS) is 15.1. The van der Waals surface area contributed by atoms with E-state index in [0.29, 0.717) is 33.5 Å². The fourth-order valence-corrected chi connectivity index (χ4v) is 6.30. The quantitative estimate of drug-likeness (QED) is 0.414. The Bertz CT molecular complexity index is 880. The van der Waals surface area contributed by atoms with E-state index in [1.54, 1.807) is 0 Å². The minimum absolute atomic E-state index is 0.187. The summed E-state index contributed by atoms with van der Waals surface area (Å²) in [4.78, 5) is 19.9. The molecule has 0 atom stereocenters. The summed E-state index contributed by atoms with van der Waals surface area (Å²) in [6.45, 7) is 0. The van der Waals surface area contributed by atoms with Crippen LogP contribution in [0, 0.1) is 20.2 Å². The van der Waals surface area contributed by atoms with Gasteiger partial charge in [-0.15, -0.1) is 10.2 Å². The smallest absolute Gasteiger partial charge is 0.258 e. The number of thioether (sulfide) groups is 1. The van der Waals surface area contributed by atoms with Crippen LogP contribution in [0.4, 0.5) is 24.5 Å². The molecular weight excluding hydrogens is 441 g/mol. The summed E-state index contributed by atoms with van der Waals surface area (Å²) in [6, 6.07) is 0.592. The van der Waals surface area contributed by atoms with Gasteiger partial charge < -0.3 is 0 Å². The molecule has 28 heavy (non-hydrogen) atoms. The lowest BCUT2D eigenvalue weighted by Gasteiger charge is -2.08. The average Bonchev–Trinajstić information content (AvgIpc) is 3.26. The van der Waals surface area contributed by atoms with Crippen molar-refractivity contribution in [2.75, 3.05) is 0 Å². The summed E-state index contributed by atoms with van der Waals surface area (Å²) in [5, 5.41) is 30.8. The maximum absolute atomic E-state index is 13.0. The largest absolute Gasteiger partial charge is 0.416 e. The van der Waals surface area contributed by atoms with Gasteiger partial charge in [0.2, 0.25) is 0 Å². The van der Waals surface area contributed by atoms with Crippen LogP contribution >= 0.6 is 34.9 Å². The number of benzene rings is 1. The van der Waals surface area contributed by atoms with E-state index in [-0.39, 0.29) is 4.34 Å². The number of hydrogen-bond acceptors (Lipinski definition) is 9. The second-order valence-electron chi connectivity index (χ2n) is 5.82. The highest BCUT2D eigenvalue weighted by atomic mass is 32.2. The second-order valence-corrected chi connectivity index (χ2v) is 9.60. The van der Waals surface area contributed by atoms with Gasteiger partial charge in [-0.05, 0) is 24.6 Å². The van der Waals surface area contributed by atoms with Gasteiger partial charge in [0.25, 0.3) is 11.4 Å². The zero-order valence-corrected chi connectivity index (χ0v) is 16.3. The van der Waals surface area contributed by atoms with Crippen LogP contribution in [0.1, 0.15) is 31.2 Å². The van der Waals surface area contributed by atoms with Gasteiger partial charge >= 0.3 is 6.18 Å². The van der Waals surface area contributed by atoms with Crippen LogP contribution < -0.4 is 0 Å². The van der Waals surface area contributed by atoms with Crippen LogP contribution in [0.3, 0.4) is 0 Å². The van der Waals surface area contributed by atoms with E-state index in [1.165, 1.54) is 11.8 Å². The van der Waals surface area contributed by atoms with Crippen molar-refractivity contribution in [2.24, 2.45) is 0 Å². The van der Waals surface area contributed by atoms with Gasteiger partial charge in [-0.3, -0.25) is 20.2 Å². The molecule has 0 bridgehead atoms. The third kappa shape index (κ3) is 4.72. The second kappa shape index (κ2) is 8.21. The number of nitro groups is 2. The maximum Gasteiger partial charge on any atom is 0.416 e. The van der Waals surface area contributed by atoms with Gasteiger partial charge in [-0.2, -0.15) is 13.2 Å². The molecule has 3 rings (SSSR count). The zero-order valence-electron chi connectivity index (χ0n) is 13.8. The van der Waals surface area contributed by atoms with Gasteiger partial charge in [0.1, 0.15) is 0 Å². The van der Waals surface area contributed by atoms with Crippen molar-refractivity contribution in [3.8, 4) is 0 Å². The van der Waals surface area contributed by atoms with E-state index in [1.807, 2.05) is 0 Å². The van der Waals surface area contributed by atoms with Crippen molar-refractivity contribution >= 4 is 46.2 Å². The number of aromatic nitrogens is 2. The molecular formula is C14H11F3N4O4S3. The Balaban J connectivity index is 1.95. The molecule has 0 amide bonds. The molecule has 0 radical (unpaired) electrons. The third-order valence-electron chi connectivity index (χ3n) is 3.92. The Labute approximate surface area is 168 Å². The first-order chi connectivity index (χ1) is 13.1. The first kappa shape index (κ1) is 20.8. The van der Waals surface area contributed by atoms with Crippen LogP contribution in [0.15, 0.2) is 25.7 Å². The number of hydrogen-bond donors (Lipinski definition) is 0. The predicted octanol–water partition coefficient (Wildman–Crippen LogP) is 5.56. The lowest BCUT2D eigenvalue weighted by atomic mass is 10.1. The Hall–Kier alpha value is -1.93. The SMILES string of the molecule is O=[N+]([O-])c1cc(C(F)(F)F)cc([N+](=O)[O-])c1Sc1nnc(SC2CCCC2)s1. The van der Waals surface area contributed by atoms with E-state index < -0.39 is 37.9 Å². The summed E-state index contributed by atoms with van der Waals surface area (Å²) < 4.78 is 39.7. The Morgan fingerprint density at radius 1 is 1.04 bits per heavy atom. The van der Waals surface area contributed by atoms with Crippen molar-refractivity contribution in [3.63, 3.8) is 0 Å². The van der Waals surface area contributed by atoms with Gasteiger partial charge in [0, 0.05) is 17.4 Å². The van der Waals surface area contributed by atoms with Crippen molar-refractivity contribution in [1.29, 1.82) is 0 Å². The molecule has 1 fully saturated rings. The Morgan fingerprint density at radius 3 is 2.07 bits per heavy atom. The molecule has 0 saturated heterocycles. The molecule has 0 N–H and O–H groups in total. The van der Waals surface area contributed by atoms with E-state index >= 15 is 0 Å². The van der Waals surface area contributed by atoms with Gasteiger partial charge in [0.15, 0.2) is 13.6 Å². The van der Waals surface area contributed by atoms with Crippen molar-refractivity contribution in [1.82, 2.24) is 10.2 Å². The molecule has 14 heteroatoms. The van der Waals surface area contributed by atoms with Crippen molar-refractivity contribution < 1.29 is 23.0 Å². The highest BCUT2D eigenvalue weighted by molar-refractivity contribution is 8.03. The van der Waals surface area contributed by atoms with Crippen LogP contribution in [-0.2, 0) is 6.18 Å². The number of rotatable bonds is 6. The molecule has 2 aromatic rings. The fourth-order valence-electron chi connectivity index (χ4n) is 2.66. The molecule has 150 valence electrons. The van der Waals surface area contributed by atoms with Gasteiger partial charge in [-0.1, -0.05) is 35.9 Å². The van der Waals surface area contributed by atoms with E-state index in [0.717, 1.165) is 37.0 Å². The number of nitro benzene ring substituents is 2. The fraction of sp³-hybridized carbons (Fsp3) is 0.429. The maximum atomic E-state index is 13.0. The molecule has 1 aliphatic rings. The molecule has 0 spiro atoms. The molecule has 1 heterocycles. The summed E-state index contributed by atoms with van der Waals surface area (Å²) in [7, 11) is 0. The lowest BCUT2D eigenvalue weighted by molar-refractivity contribution is -0.400.